The number of aliphatic carboxylic acids is 1. The summed E-state index contributed by atoms with van der Waals surface area (Å²) >= 11 is 0. The second-order valence-electron chi connectivity index (χ2n) is 10.3. The van der Waals surface area contributed by atoms with Crippen LogP contribution in [0.5, 0.6) is 0 Å². The molecule has 3 amide bonds. The van der Waals surface area contributed by atoms with E-state index in [9.17, 15) is 29.4 Å². The Labute approximate surface area is 244 Å². The standard InChI is InChI=1S/C30H40N6O6/c1-18(37)26(32)29(40)35-24(16-20-17-33-22-12-6-5-11-21(20)22)28(39)34-23(13-7-8-14-31)27(38)36-25(30(41)42)15-19-9-3-2-4-10-19/h2-6,9-12,17-18,23-26,33,37H,7-8,13-16,31-32H2,1H3,(H,34,39)(H,35,40)(H,36,38)(H,41,42). The van der Waals surface area contributed by atoms with Crippen molar-refractivity contribution in [2.24, 2.45) is 11.5 Å². The highest BCUT2D eigenvalue weighted by Crippen LogP contribution is 2.19. The Morgan fingerprint density at radius 2 is 1.45 bits per heavy atom. The van der Waals surface area contributed by atoms with Crippen molar-refractivity contribution in [3.8, 4) is 0 Å². The fourth-order valence-corrected chi connectivity index (χ4v) is 4.57. The van der Waals surface area contributed by atoms with E-state index in [1.807, 2.05) is 24.3 Å². The van der Waals surface area contributed by atoms with E-state index < -0.39 is 54.0 Å². The monoisotopic (exact) mass is 580 g/mol. The molecule has 0 spiro atoms. The van der Waals surface area contributed by atoms with Gasteiger partial charge in [-0.1, -0.05) is 48.5 Å². The third-order valence-corrected chi connectivity index (χ3v) is 7.03. The number of para-hydroxylation sites is 1. The second kappa shape index (κ2) is 15.7. The van der Waals surface area contributed by atoms with Gasteiger partial charge in [0.05, 0.1) is 6.10 Å². The van der Waals surface area contributed by atoms with Gasteiger partial charge in [0.25, 0.3) is 0 Å². The number of benzene rings is 2. The minimum absolute atomic E-state index is 0.0574. The van der Waals surface area contributed by atoms with Crippen molar-refractivity contribution in [1.29, 1.82) is 0 Å². The molecule has 0 bridgehead atoms. The van der Waals surface area contributed by atoms with Crippen LogP contribution in [-0.4, -0.2) is 75.7 Å². The number of H-pyrrole nitrogens is 1. The average Bonchev–Trinajstić information content (AvgIpc) is 3.38. The Balaban J connectivity index is 1.82. The first kappa shape index (κ1) is 32.3. The third kappa shape index (κ3) is 9.13. The summed E-state index contributed by atoms with van der Waals surface area (Å²) in [6.07, 6.45) is 1.99. The summed E-state index contributed by atoms with van der Waals surface area (Å²) in [7, 11) is 0. The summed E-state index contributed by atoms with van der Waals surface area (Å²) in [6, 6.07) is 11.6. The number of hydrogen-bond donors (Lipinski definition) is 8. The summed E-state index contributed by atoms with van der Waals surface area (Å²) in [5.41, 5.74) is 13.8. The minimum Gasteiger partial charge on any atom is -0.480 e. The lowest BCUT2D eigenvalue weighted by Crippen LogP contribution is -2.58. The van der Waals surface area contributed by atoms with Gasteiger partial charge in [-0.3, -0.25) is 14.4 Å². The molecule has 12 heteroatoms. The highest BCUT2D eigenvalue weighted by molar-refractivity contribution is 5.95. The molecule has 0 aliphatic heterocycles. The van der Waals surface area contributed by atoms with Gasteiger partial charge in [-0.15, -0.1) is 0 Å². The molecule has 2 aromatic carbocycles. The molecule has 1 heterocycles. The predicted octanol–water partition coefficient (Wildman–Crippen LogP) is 0.329. The number of unbranched alkanes of at least 4 members (excludes halogenated alkanes) is 1. The van der Waals surface area contributed by atoms with E-state index in [4.69, 9.17) is 11.5 Å². The maximum absolute atomic E-state index is 13.6. The first-order valence-electron chi connectivity index (χ1n) is 14.0. The molecule has 5 unspecified atom stereocenters. The van der Waals surface area contributed by atoms with Crippen LogP contribution >= 0.6 is 0 Å². The number of aromatic nitrogens is 1. The molecule has 12 nitrogen and oxygen atoms in total. The molecule has 3 aromatic rings. The number of aliphatic hydroxyl groups is 1. The van der Waals surface area contributed by atoms with Gasteiger partial charge in [0.15, 0.2) is 0 Å². The Bertz CT molecular complexity index is 1340. The molecular weight excluding hydrogens is 540 g/mol. The molecule has 226 valence electrons. The van der Waals surface area contributed by atoms with Crippen LogP contribution in [0.2, 0.25) is 0 Å². The largest absolute Gasteiger partial charge is 0.480 e. The highest BCUT2D eigenvalue weighted by atomic mass is 16.4. The summed E-state index contributed by atoms with van der Waals surface area (Å²) in [5, 5.41) is 28.3. The number of rotatable bonds is 16. The molecular formula is C30H40N6O6. The zero-order valence-electron chi connectivity index (χ0n) is 23.6. The SMILES string of the molecule is CC(O)C(N)C(=O)NC(Cc1c[nH]c2ccccc12)C(=O)NC(CCCCN)C(=O)NC(Cc1ccccc1)C(=O)O. The van der Waals surface area contributed by atoms with Crippen molar-refractivity contribution < 1.29 is 29.4 Å². The van der Waals surface area contributed by atoms with Crippen molar-refractivity contribution >= 4 is 34.6 Å². The summed E-state index contributed by atoms with van der Waals surface area (Å²) in [6.45, 7) is 1.75. The zero-order valence-corrected chi connectivity index (χ0v) is 23.6. The molecule has 10 N–H and O–H groups in total. The first-order chi connectivity index (χ1) is 20.1. The van der Waals surface area contributed by atoms with Crippen molar-refractivity contribution in [3.63, 3.8) is 0 Å². The number of aromatic amines is 1. The lowest BCUT2D eigenvalue weighted by atomic mass is 10.0. The number of carbonyl (C=O) groups is 4. The van der Waals surface area contributed by atoms with E-state index in [1.165, 1.54) is 6.92 Å². The molecule has 0 radical (unpaired) electrons. The number of carboxylic acids is 1. The number of fused-ring (bicyclic) bond motifs is 1. The van der Waals surface area contributed by atoms with Gasteiger partial charge in [-0.2, -0.15) is 0 Å². The van der Waals surface area contributed by atoms with E-state index in [1.54, 1.807) is 36.5 Å². The van der Waals surface area contributed by atoms with Crippen molar-refractivity contribution in [2.45, 2.75) is 69.3 Å². The molecule has 0 aliphatic carbocycles. The van der Waals surface area contributed by atoms with E-state index >= 15 is 0 Å². The number of nitrogens with one attached hydrogen (secondary N) is 4. The van der Waals surface area contributed by atoms with Crippen molar-refractivity contribution in [3.05, 3.63) is 71.9 Å². The third-order valence-electron chi connectivity index (χ3n) is 7.03. The molecule has 0 aliphatic rings. The molecule has 0 fully saturated rings. The van der Waals surface area contributed by atoms with Crippen LogP contribution in [0.15, 0.2) is 60.8 Å². The Kier molecular flexibility index (Phi) is 12.0. The van der Waals surface area contributed by atoms with Gasteiger partial charge in [-0.05, 0) is 49.9 Å². The molecule has 42 heavy (non-hydrogen) atoms. The smallest absolute Gasteiger partial charge is 0.326 e. The number of amides is 3. The van der Waals surface area contributed by atoms with E-state index in [0.717, 1.165) is 22.0 Å². The van der Waals surface area contributed by atoms with Crippen LogP contribution < -0.4 is 27.4 Å². The number of carboxylic acid groups (broad SMARTS) is 1. The Hall–Kier alpha value is -4.26. The topological polar surface area (TPSA) is 213 Å². The zero-order chi connectivity index (χ0) is 30.6. The van der Waals surface area contributed by atoms with Crippen LogP contribution in [0.25, 0.3) is 10.9 Å². The van der Waals surface area contributed by atoms with Crippen molar-refractivity contribution in [2.75, 3.05) is 6.54 Å². The van der Waals surface area contributed by atoms with Crippen LogP contribution in [0.4, 0.5) is 0 Å². The Morgan fingerprint density at radius 1 is 0.833 bits per heavy atom. The quantitative estimate of drug-likeness (QED) is 0.110. The predicted molar refractivity (Wildman–Crippen MR) is 158 cm³/mol. The molecule has 0 saturated carbocycles. The van der Waals surface area contributed by atoms with Gasteiger partial charge >= 0.3 is 5.97 Å². The maximum Gasteiger partial charge on any atom is 0.326 e. The number of carbonyl (C=O) groups excluding carboxylic acids is 3. The number of aliphatic hydroxyl groups excluding tert-OH is 1. The fourth-order valence-electron chi connectivity index (χ4n) is 4.57. The van der Waals surface area contributed by atoms with Gasteiger partial charge in [0.2, 0.25) is 17.7 Å². The Morgan fingerprint density at radius 3 is 2.12 bits per heavy atom. The van der Waals surface area contributed by atoms with Crippen LogP contribution in [-0.2, 0) is 32.0 Å². The minimum atomic E-state index is -1.28. The summed E-state index contributed by atoms with van der Waals surface area (Å²) in [5.74, 6) is -3.27. The lowest BCUT2D eigenvalue weighted by molar-refractivity contribution is -0.142. The molecule has 3 rings (SSSR count). The number of hydrogen-bond acceptors (Lipinski definition) is 7. The molecule has 1 aromatic heterocycles. The van der Waals surface area contributed by atoms with Gasteiger partial charge < -0.3 is 42.6 Å². The summed E-state index contributed by atoms with van der Waals surface area (Å²) in [4.78, 5) is 54.9. The molecule has 0 saturated heterocycles. The van der Waals surface area contributed by atoms with Gasteiger partial charge in [-0.25, -0.2) is 4.79 Å². The lowest BCUT2D eigenvalue weighted by Gasteiger charge is -2.26. The second-order valence-corrected chi connectivity index (χ2v) is 10.3. The normalized spacial score (nSPS) is 14.8. The van der Waals surface area contributed by atoms with Crippen LogP contribution in [0, 0.1) is 0 Å². The summed E-state index contributed by atoms with van der Waals surface area (Å²) < 4.78 is 0. The van der Waals surface area contributed by atoms with E-state index in [-0.39, 0.29) is 19.3 Å². The van der Waals surface area contributed by atoms with Gasteiger partial charge in [0, 0.05) is 29.9 Å². The van der Waals surface area contributed by atoms with E-state index in [0.29, 0.717) is 19.4 Å². The van der Waals surface area contributed by atoms with Crippen LogP contribution in [0.1, 0.15) is 37.3 Å². The molecule has 5 atom stereocenters. The average molecular weight is 581 g/mol. The number of nitrogens with two attached hydrogens (primary N) is 2. The maximum atomic E-state index is 13.6. The van der Waals surface area contributed by atoms with Gasteiger partial charge in [0.1, 0.15) is 24.2 Å². The van der Waals surface area contributed by atoms with Crippen LogP contribution in [0.3, 0.4) is 0 Å². The fraction of sp³-hybridized carbons (Fsp3) is 0.400. The van der Waals surface area contributed by atoms with Crippen molar-refractivity contribution in [1.82, 2.24) is 20.9 Å². The highest BCUT2D eigenvalue weighted by Gasteiger charge is 2.31. The van der Waals surface area contributed by atoms with E-state index in [2.05, 4.69) is 20.9 Å². The first-order valence-corrected chi connectivity index (χ1v) is 14.0.